The average Bonchev–Trinajstić information content (AvgIpc) is 2.13. The number of piperidine rings is 1. The maximum absolute atomic E-state index is 14.2. The van der Waals surface area contributed by atoms with Crippen LogP contribution >= 0.6 is 18.6 Å². The van der Waals surface area contributed by atoms with E-state index < -0.39 is 11.3 Å². The van der Waals surface area contributed by atoms with Crippen LogP contribution in [-0.4, -0.2) is 46.2 Å². The van der Waals surface area contributed by atoms with Gasteiger partial charge in [-0.3, -0.25) is 0 Å². The Morgan fingerprint density at radius 2 is 1.88 bits per heavy atom. The van der Waals surface area contributed by atoms with Crippen LogP contribution in [0.5, 0.6) is 0 Å². The molecule has 0 saturated carbocycles. The Bertz CT molecular complexity index is 268. The molecule has 6 heteroatoms. The molecule has 0 radical (unpaired) electrons. The Hall–Kier alpha value is 1.24. The van der Waals surface area contributed by atoms with Crippen LogP contribution in [0, 0.1) is 5.41 Å². The predicted molar refractivity (Wildman–Crippen MR) is 64.3 cm³/mol. The van der Waals surface area contributed by atoms with Crippen LogP contribution in [0.3, 0.4) is 0 Å². The third kappa shape index (κ3) is 2.23. The number of nitrogens with zero attached hydrogens (tertiary/aromatic N) is 2. The summed E-state index contributed by atoms with van der Waals surface area (Å²) >= 11 is 2.32. The van der Waals surface area contributed by atoms with Crippen molar-refractivity contribution in [1.82, 2.24) is 8.01 Å². The number of likely N-dealkylation sites (tertiary alicyclic amines) is 1. The van der Waals surface area contributed by atoms with Crippen molar-refractivity contribution in [2.75, 3.05) is 26.2 Å². The van der Waals surface area contributed by atoms with E-state index in [0.717, 1.165) is 6.54 Å². The third-order valence-electron chi connectivity index (χ3n) is 3.82. The van der Waals surface area contributed by atoms with Crippen molar-refractivity contribution in [3.63, 3.8) is 0 Å². The minimum absolute atomic E-state index is 0.0315. The molecule has 16 heavy (non-hydrogen) atoms. The first-order valence-corrected chi connectivity index (χ1v) is 12.8. The van der Waals surface area contributed by atoms with Crippen LogP contribution in [0.1, 0.15) is 20.3 Å². The van der Waals surface area contributed by atoms with Gasteiger partial charge < -0.3 is 0 Å². The van der Waals surface area contributed by atoms with Crippen LogP contribution in [0.4, 0.5) is 8.78 Å². The molecule has 1 spiro atoms. The fourth-order valence-electron chi connectivity index (χ4n) is 2.53. The van der Waals surface area contributed by atoms with Crippen molar-refractivity contribution in [3.8, 4) is 0 Å². The van der Waals surface area contributed by atoms with E-state index in [2.05, 4.69) is 21.7 Å². The van der Waals surface area contributed by atoms with E-state index in [1.54, 1.807) is 0 Å². The quantitative estimate of drug-likeness (QED) is 0.404. The molecule has 0 aromatic heterocycles. The zero-order valence-electron chi connectivity index (χ0n) is 9.52. The Morgan fingerprint density at radius 1 is 1.25 bits per heavy atom. The van der Waals surface area contributed by atoms with Gasteiger partial charge in [-0.15, -0.1) is 0 Å². The average molecular weight is 457 g/mol. The molecule has 2 aliphatic rings. The number of rotatable bonds is 2. The zero-order chi connectivity index (χ0) is 12.0. The molecule has 0 aromatic carbocycles. The maximum atomic E-state index is 14.2. The summed E-state index contributed by atoms with van der Waals surface area (Å²) < 4.78 is 30.5. The number of alkyl halides is 2. The molecule has 0 N–H and O–H groups in total. The molecule has 2 rings (SSSR count). The van der Waals surface area contributed by atoms with Gasteiger partial charge in [0.15, 0.2) is 0 Å². The molecule has 2 aliphatic heterocycles. The van der Waals surface area contributed by atoms with E-state index in [4.69, 9.17) is 0 Å². The summed E-state index contributed by atoms with van der Waals surface area (Å²) in [5.74, 6) is -2.50. The van der Waals surface area contributed by atoms with Gasteiger partial charge in [-0.2, -0.15) is 0 Å². The summed E-state index contributed by atoms with van der Waals surface area (Å²) in [5, 5.41) is 0. The van der Waals surface area contributed by atoms with E-state index in [-0.39, 0.29) is 30.1 Å². The first kappa shape index (κ1) is 13.7. The molecule has 0 bridgehead atoms. The monoisotopic (exact) mass is 457 g/mol. The SMILES string of the molecule is CC(C)N1CCC2(CN([I-]I)C2)C(F)(F)C1. The van der Waals surface area contributed by atoms with Crippen molar-refractivity contribution < 1.29 is 26.3 Å². The van der Waals surface area contributed by atoms with Crippen LogP contribution in [-0.2, 0) is 0 Å². The topological polar surface area (TPSA) is 6.48 Å². The first-order valence-electron chi connectivity index (χ1n) is 5.53. The van der Waals surface area contributed by atoms with Crippen LogP contribution in [0.15, 0.2) is 0 Å². The summed E-state index contributed by atoms with van der Waals surface area (Å²) in [7, 11) is 0. The van der Waals surface area contributed by atoms with Gasteiger partial charge in [-0.05, 0) is 0 Å². The summed E-state index contributed by atoms with van der Waals surface area (Å²) in [6.45, 7) is 6.04. The van der Waals surface area contributed by atoms with Gasteiger partial charge in [-0.1, -0.05) is 0 Å². The van der Waals surface area contributed by atoms with Gasteiger partial charge in [0.2, 0.25) is 0 Å². The molecule has 96 valence electrons. The second kappa shape index (κ2) is 4.73. The molecule has 0 aliphatic carbocycles. The standard InChI is InChI=1S/C10H17F2I2N2/c1-8(2)15-4-3-9(10(11,12)7-15)5-16(6-9)14-13/h8H,3-7H2,1-2H3/q-1. The fraction of sp³-hybridized carbons (Fsp3) is 1.00. The van der Waals surface area contributed by atoms with Gasteiger partial charge in [0.25, 0.3) is 0 Å². The molecular weight excluding hydrogens is 440 g/mol. The molecule has 0 amide bonds. The summed E-state index contributed by atoms with van der Waals surface area (Å²) in [5.41, 5.74) is -0.691. The number of halogens is 4. The predicted octanol–water partition coefficient (Wildman–Crippen LogP) is -0.608. The molecule has 2 nitrogen and oxygen atoms in total. The fourth-order valence-corrected chi connectivity index (χ4v) is 5.82. The summed E-state index contributed by atoms with van der Waals surface area (Å²) in [6, 6.07) is 0.233. The van der Waals surface area contributed by atoms with E-state index in [9.17, 15) is 8.78 Å². The Kier molecular flexibility index (Phi) is 4.04. The second-order valence-corrected chi connectivity index (χ2v) is 9.32. The van der Waals surface area contributed by atoms with Crippen molar-refractivity contribution in [2.24, 2.45) is 5.41 Å². The van der Waals surface area contributed by atoms with Gasteiger partial charge in [-0.25, -0.2) is 0 Å². The normalized spacial score (nSPS) is 29.9. The molecule has 2 saturated heterocycles. The zero-order valence-corrected chi connectivity index (χ0v) is 13.8. The van der Waals surface area contributed by atoms with E-state index >= 15 is 0 Å². The van der Waals surface area contributed by atoms with Crippen LogP contribution < -0.4 is 17.5 Å². The van der Waals surface area contributed by atoms with Crippen molar-refractivity contribution in [3.05, 3.63) is 0 Å². The second-order valence-electron chi connectivity index (χ2n) is 5.14. The third-order valence-corrected chi connectivity index (χ3v) is 8.48. The van der Waals surface area contributed by atoms with E-state index in [1.807, 2.05) is 18.7 Å². The number of hydrogen-bond donors (Lipinski definition) is 0. The molecule has 2 heterocycles. The molecule has 2 fully saturated rings. The van der Waals surface area contributed by atoms with Crippen molar-refractivity contribution >= 4 is 18.6 Å². The van der Waals surface area contributed by atoms with E-state index in [0.29, 0.717) is 19.5 Å². The summed E-state index contributed by atoms with van der Waals surface area (Å²) in [6.07, 6.45) is 0.662. The van der Waals surface area contributed by atoms with Gasteiger partial charge in [0, 0.05) is 0 Å². The Labute approximate surface area is 116 Å². The van der Waals surface area contributed by atoms with Crippen molar-refractivity contribution in [1.29, 1.82) is 0 Å². The Balaban J connectivity index is 2.03. The molecular formula is C10H17F2I2N2-. The molecule has 0 unspecified atom stereocenters. The molecule has 0 aromatic rings. The molecule has 0 atom stereocenters. The minimum atomic E-state index is -2.50. The number of hydrogen-bond acceptors (Lipinski definition) is 2. The Morgan fingerprint density at radius 3 is 2.31 bits per heavy atom. The van der Waals surface area contributed by atoms with Crippen LogP contribution in [0.2, 0.25) is 0 Å². The van der Waals surface area contributed by atoms with E-state index in [1.165, 1.54) is 0 Å². The van der Waals surface area contributed by atoms with Crippen LogP contribution in [0.25, 0.3) is 0 Å². The first-order chi connectivity index (χ1) is 7.40. The van der Waals surface area contributed by atoms with Gasteiger partial charge in [0.05, 0.1) is 0 Å². The van der Waals surface area contributed by atoms with Crippen molar-refractivity contribution in [2.45, 2.75) is 32.2 Å². The van der Waals surface area contributed by atoms with Gasteiger partial charge in [0.1, 0.15) is 0 Å². The van der Waals surface area contributed by atoms with Gasteiger partial charge >= 0.3 is 117 Å². The summed E-state index contributed by atoms with van der Waals surface area (Å²) in [4.78, 5) is 1.91.